The van der Waals surface area contributed by atoms with Crippen LogP contribution in [0.4, 0.5) is 4.39 Å². The van der Waals surface area contributed by atoms with Crippen molar-refractivity contribution in [2.24, 2.45) is 0 Å². The van der Waals surface area contributed by atoms with Gasteiger partial charge in [-0.15, -0.1) is 0 Å². The van der Waals surface area contributed by atoms with Gasteiger partial charge in [0, 0.05) is 43.9 Å². The minimum absolute atomic E-state index is 0.0426. The maximum absolute atomic E-state index is 13.3. The summed E-state index contributed by atoms with van der Waals surface area (Å²) in [5.41, 5.74) is 4.58. The number of piperazine rings is 1. The number of amides is 2. The maximum Gasteiger partial charge on any atom is 0.227 e. The monoisotopic (exact) mass is 462 g/mol. The third-order valence-corrected chi connectivity index (χ3v) is 6.52. The summed E-state index contributed by atoms with van der Waals surface area (Å²) in [5.74, 6) is -0.0918. The number of aryl methyl sites for hydroxylation is 2. The van der Waals surface area contributed by atoms with Gasteiger partial charge in [-0.3, -0.25) is 9.59 Å². The first kappa shape index (κ1) is 23.7. The summed E-state index contributed by atoms with van der Waals surface area (Å²) >= 11 is 0. The van der Waals surface area contributed by atoms with E-state index in [-0.39, 0.29) is 24.1 Å². The van der Waals surface area contributed by atoms with Gasteiger partial charge in [-0.2, -0.15) is 5.10 Å². The Kier molecular flexibility index (Phi) is 7.40. The van der Waals surface area contributed by atoms with E-state index in [1.807, 2.05) is 41.8 Å². The van der Waals surface area contributed by atoms with Crippen LogP contribution in [0.15, 0.2) is 54.6 Å². The zero-order chi connectivity index (χ0) is 24.1. The van der Waals surface area contributed by atoms with Gasteiger partial charge >= 0.3 is 0 Å². The quantitative estimate of drug-likeness (QED) is 0.536. The summed E-state index contributed by atoms with van der Waals surface area (Å²) < 4.78 is 15.0. The number of carbonyl (C=O) groups is 2. The average Bonchev–Trinajstić information content (AvgIpc) is 3.13. The number of carbonyl (C=O) groups excluding carboxylic acids is 2. The molecule has 7 heteroatoms. The largest absolute Gasteiger partial charge is 0.339 e. The first-order valence-corrected chi connectivity index (χ1v) is 11.8. The van der Waals surface area contributed by atoms with E-state index in [1.165, 1.54) is 17.7 Å². The lowest BCUT2D eigenvalue weighted by Crippen LogP contribution is -2.51. The SMILES string of the molecule is Cc1nn(-c2ccc(F)cc2)c(C)c1CC(=O)N1CCN(C(=O)CCCc2ccccc2)CC1. The highest BCUT2D eigenvalue weighted by molar-refractivity contribution is 5.80. The fourth-order valence-electron chi connectivity index (χ4n) is 4.48. The average molecular weight is 463 g/mol. The molecule has 1 fully saturated rings. The highest BCUT2D eigenvalue weighted by atomic mass is 19.1. The van der Waals surface area contributed by atoms with Crippen LogP contribution in [-0.2, 0) is 22.4 Å². The fourth-order valence-corrected chi connectivity index (χ4v) is 4.48. The molecule has 0 radical (unpaired) electrons. The second-order valence-corrected chi connectivity index (χ2v) is 8.82. The van der Waals surface area contributed by atoms with Gasteiger partial charge in [0.15, 0.2) is 0 Å². The first-order chi connectivity index (χ1) is 16.4. The molecule has 178 valence electrons. The van der Waals surface area contributed by atoms with Crippen molar-refractivity contribution < 1.29 is 14.0 Å². The van der Waals surface area contributed by atoms with Gasteiger partial charge in [0.25, 0.3) is 0 Å². The van der Waals surface area contributed by atoms with E-state index in [0.717, 1.165) is 35.5 Å². The molecule has 1 saturated heterocycles. The molecule has 0 N–H and O–H groups in total. The van der Waals surface area contributed by atoms with Gasteiger partial charge in [-0.1, -0.05) is 30.3 Å². The van der Waals surface area contributed by atoms with Crippen molar-refractivity contribution in [1.29, 1.82) is 0 Å². The van der Waals surface area contributed by atoms with Crippen LogP contribution in [0.25, 0.3) is 5.69 Å². The second-order valence-electron chi connectivity index (χ2n) is 8.82. The summed E-state index contributed by atoms with van der Waals surface area (Å²) in [7, 11) is 0. The lowest BCUT2D eigenvalue weighted by molar-refractivity contribution is -0.139. The minimum atomic E-state index is -0.297. The van der Waals surface area contributed by atoms with Crippen LogP contribution in [-0.4, -0.2) is 57.6 Å². The molecule has 0 aliphatic carbocycles. The van der Waals surface area contributed by atoms with E-state index in [2.05, 4.69) is 17.2 Å². The smallest absolute Gasteiger partial charge is 0.227 e. The highest BCUT2D eigenvalue weighted by Crippen LogP contribution is 2.20. The molecule has 0 spiro atoms. The van der Waals surface area contributed by atoms with E-state index in [0.29, 0.717) is 32.6 Å². The van der Waals surface area contributed by atoms with Crippen molar-refractivity contribution in [2.75, 3.05) is 26.2 Å². The molecule has 6 nitrogen and oxygen atoms in total. The van der Waals surface area contributed by atoms with Gasteiger partial charge in [0.2, 0.25) is 11.8 Å². The van der Waals surface area contributed by atoms with Gasteiger partial charge in [-0.25, -0.2) is 9.07 Å². The van der Waals surface area contributed by atoms with Crippen molar-refractivity contribution in [3.63, 3.8) is 0 Å². The van der Waals surface area contributed by atoms with E-state index in [9.17, 15) is 14.0 Å². The second kappa shape index (κ2) is 10.6. The van der Waals surface area contributed by atoms with Crippen LogP contribution in [0, 0.1) is 19.7 Å². The van der Waals surface area contributed by atoms with E-state index in [4.69, 9.17) is 0 Å². The predicted octanol–water partition coefficient (Wildman–Crippen LogP) is 3.86. The minimum Gasteiger partial charge on any atom is -0.339 e. The van der Waals surface area contributed by atoms with Crippen LogP contribution in [0.5, 0.6) is 0 Å². The lowest BCUT2D eigenvalue weighted by Gasteiger charge is -2.35. The Morgan fingerprint density at radius 2 is 1.50 bits per heavy atom. The molecule has 1 aromatic heterocycles. The van der Waals surface area contributed by atoms with E-state index < -0.39 is 0 Å². The Morgan fingerprint density at radius 3 is 2.15 bits per heavy atom. The fraction of sp³-hybridized carbons (Fsp3) is 0.370. The van der Waals surface area contributed by atoms with Crippen molar-refractivity contribution >= 4 is 11.8 Å². The molecular weight excluding hydrogens is 431 g/mol. The number of halogens is 1. The predicted molar refractivity (Wildman–Crippen MR) is 129 cm³/mol. The first-order valence-electron chi connectivity index (χ1n) is 11.8. The molecule has 2 amide bonds. The van der Waals surface area contributed by atoms with Crippen molar-refractivity contribution in [3.05, 3.63) is 82.9 Å². The zero-order valence-corrected chi connectivity index (χ0v) is 19.8. The number of rotatable bonds is 7. The van der Waals surface area contributed by atoms with Gasteiger partial charge in [0.1, 0.15) is 5.82 Å². The summed E-state index contributed by atoms with van der Waals surface area (Å²) in [6, 6.07) is 16.4. The van der Waals surface area contributed by atoms with E-state index >= 15 is 0 Å². The summed E-state index contributed by atoms with van der Waals surface area (Å²) in [6.07, 6.45) is 2.53. The normalized spacial score (nSPS) is 13.9. The molecule has 3 aromatic rings. The Labute approximate surface area is 200 Å². The number of benzene rings is 2. The third-order valence-electron chi connectivity index (χ3n) is 6.52. The summed E-state index contributed by atoms with van der Waals surface area (Å²) in [4.78, 5) is 29.3. The molecule has 0 unspecified atom stereocenters. The third kappa shape index (κ3) is 5.53. The number of hydrogen-bond donors (Lipinski definition) is 0. The summed E-state index contributed by atoms with van der Waals surface area (Å²) in [5, 5.41) is 4.56. The topological polar surface area (TPSA) is 58.4 Å². The molecule has 0 saturated carbocycles. The van der Waals surface area contributed by atoms with Gasteiger partial charge < -0.3 is 9.80 Å². The van der Waals surface area contributed by atoms with Crippen LogP contribution in [0.2, 0.25) is 0 Å². The molecule has 4 rings (SSSR count). The molecule has 1 aliphatic rings. The Morgan fingerprint density at radius 1 is 0.882 bits per heavy atom. The number of aromatic nitrogens is 2. The molecule has 34 heavy (non-hydrogen) atoms. The lowest BCUT2D eigenvalue weighted by atomic mass is 10.1. The van der Waals surface area contributed by atoms with E-state index in [1.54, 1.807) is 16.8 Å². The maximum atomic E-state index is 13.3. The van der Waals surface area contributed by atoms with Gasteiger partial charge in [-0.05, 0) is 56.5 Å². The Hall–Kier alpha value is -3.48. The van der Waals surface area contributed by atoms with Crippen LogP contribution >= 0.6 is 0 Å². The van der Waals surface area contributed by atoms with Gasteiger partial charge in [0.05, 0.1) is 17.8 Å². The number of hydrogen-bond acceptors (Lipinski definition) is 3. The molecule has 0 atom stereocenters. The van der Waals surface area contributed by atoms with Crippen LogP contribution < -0.4 is 0 Å². The van der Waals surface area contributed by atoms with Crippen molar-refractivity contribution in [3.8, 4) is 5.69 Å². The zero-order valence-electron chi connectivity index (χ0n) is 19.8. The number of nitrogens with zero attached hydrogens (tertiary/aromatic N) is 4. The standard InChI is InChI=1S/C27H31FN4O2/c1-20-25(21(2)32(29-20)24-13-11-23(28)12-14-24)19-27(34)31-17-15-30(16-18-31)26(33)10-6-9-22-7-4-3-5-8-22/h3-5,7-8,11-14H,6,9-10,15-19H2,1-2H3. The summed E-state index contributed by atoms with van der Waals surface area (Å²) in [6.45, 7) is 6.06. The van der Waals surface area contributed by atoms with Crippen LogP contribution in [0.3, 0.4) is 0 Å². The Bertz CT molecular complexity index is 1130. The molecule has 1 aliphatic heterocycles. The Balaban J connectivity index is 1.28. The molecule has 0 bridgehead atoms. The molecular formula is C27H31FN4O2. The highest BCUT2D eigenvalue weighted by Gasteiger charge is 2.25. The van der Waals surface area contributed by atoms with Crippen LogP contribution in [0.1, 0.15) is 35.4 Å². The van der Waals surface area contributed by atoms with Crippen molar-refractivity contribution in [2.45, 2.75) is 39.5 Å². The molecule has 2 aromatic carbocycles. The molecule has 2 heterocycles. The van der Waals surface area contributed by atoms with Crippen molar-refractivity contribution in [1.82, 2.24) is 19.6 Å².